The van der Waals surface area contributed by atoms with Crippen LogP contribution >= 0.6 is 0 Å². The number of hydrogen-bond acceptors (Lipinski definition) is 4. The van der Waals surface area contributed by atoms with Gasteiger partial charge in [0.25, 0.3) is 5.91 Å². The van der Waals surface area contributed by atoms with Gasteiger partial charge in [-0.3, -0.25) is 4.79 Å². The predicted octanol–water partition coefficient (Wildman–Crippen LogP) is 2.99. The molecule has 0 aliphatic rings. The molecule has 0 aliphatic heterocycles. The van der Waals surface area contributed by atoms with E-state index < -0.39 is 5.97 Å². The normalized spacial score (nSPS) is 11.8. The Morgan fingerprint density at radius 3 is 2.56 bits per heavy atom. The highest BCUT2D eigenvalue weighted by molar-refractivity contribution is 5.94. The number of carboxylic acids is 1. The monoisotopic (exact) mass is 342 g/mol. The van der Waals surface area contributed by atoms with Crippen molar-refractivity contribution in [2.45, 2.75) is 26.4 Å². The number of nitrogens with one attached hydrogen (secondary N) is 1. The first-order chi connectivity index (χ1) is 12.0. The molecule has 1 aromatic heterocycles. The second-order valence-corrected chi connectivity index (χ2v) is 5.67. The van der Waals surface area contributed by atoms with Gasteiger partial charge in [-0.15, -0.1) is 0 Å². The van der Waals surface area contributed by atoms with Crippen LogP contribution in [0.3, 0.4) is 0 Å². The molecule has 132 valence electrons. The first-order valence-electron chi connectivity index (χ1n) is 8.14. The zero-order chi connectivity index (χ0) is 18.2. The minimum absolute atomic E-state index is 0.00443. The van der Waals surface area contributed by atoms with E-state index in [0.29, 0.717) is 25.3 Å². The van der Waals surface area contributed by atoms with Crippen molar-refractivity contribution < 1.29 is 19.4 Å². The fourth-order valence-electron chi connectivity index (χ4n) is 2.36. The van der Waals surface area contributed by atoms with Gasteiger partial charge in [-0.05, 0) is 38.0 Å². The smallest absolute Gasteiger partial charge is 0.337 e. The lowest BCUT2D eigenvalue weighted by molar-refractivity contribution is 0.0634. The summed E-state index contributed by atoms with van der Waals surface area (Å²) >= 11 is 0. The summed E-state index contributed by atoms with van der Waals surface area (Å²) in [5.41, 5.74) is 1.74. The lowest BCUT2D eigenvalue weighted by atomic mass is 10.1. The molecule has 0 aliphatic carbocycles. The molecule has 0 radical (unpaired) electrons. The van der Waals surface area contributed by atoms with Crippen LogP contribution in [-0.4, -0.2) is 35.1 Å². The number of carbonyl (C=O) groups is 2. The van der Waals surface area contributed by atoms with Gasteiger partial charge in [0.15, 0.2) is 0 Å². The van der Waals surface area contributed by atoms with Gasteiger partial charge in [-0.1, -0.05) is 30.3 Å². The summed E-state index contributed by atoms with van der Waals surface area (Å²) in [4.78, 5) is 27.0. The zero-order valence-corrected chi connectivity index (χ0v) is 14.4. The van der Waals surface area contributed by atoms with Gasteiger partial charge >= 0.3 is 5.97 Å². The average molecular weight is 342 g/mol. The lowest BCUT2D eigenvalue weighted by Gasteiger charge is -2.13. The van der Waals surface area contributed by atoms with Crippen molar-refractivity contribution in [3.63, 3.8) is 0 Å². The highest BCUT2D eigenvalue weighted by Gasteiger charge is 2.12. The lowest BCUT2D eigenvalue weighted by Crippen LogP contribution is -2.26. The average Bonchev–Trinajstić information content (AvgIpc) is 2.61. The maximum absolute atomic E-state index is 12.0. The molecule has 6 heteroatoms. The second-order valence-electron chi connectivity index (χ2n) is 5.67. The van der Waals surface area contributed by atoms with Gasteiger partial charge < -0.3 is 15.2 Å². The van der Waals surface area contributed by atoms with Crippen LogP contribution in [0.15, 0.2) is 42.5 Å². The van der Waals surface area contributed by atoms with Crippen molar-refractivity contribution in [1.82, 2.24) is 10.3 Å². The van der Waals surface area contributed by atoms with E-state index in [1.165, 1.54) is 12.1 Å². The van der Waals surface area contributed by atoms with Gasteiger partial charge in [0.1, 0.15) is 5.69 Å². The molecule has 1 heterocycles. The van der Waals surface area contributed by atoms with E-state index in [1.54, 1.807) is 6.92 Å². The van der Waals surface area contributed by atoms with E-state index in [2.05, 4.69) is 10.3 Å². The first kappa shape index (κ1) is 18.6. The molecule has 0 bridgehead atoms. The molecule has 1 amide bonds. The van der Waals surface area contributed by atoms with E-state index in [9.17, 15) is 9.59 Å². The summed E-state index contributed by atoms with van der Waals surface area (Å²) in [5, 5.41) is 11.7. The van der Waals surface area contributed by atoms with Gasteiger partial charge in [0.2, 0.25) is 0 Å². The maximum Gasteiger partial charge on any atom is 0.337 e. The van der Waals surface area contributed by atoms with Gasteiger partial charge in [-0.25, -0.2) is 9.78 Å². The molecule has 1 aromatic carbocycles. The minimum Gasteiger partial charge on any atom is -0.478 e. The third-order valence-corrected chi connectivity index (χ3v) is 3.79. The fraction of sp³-hybridized carbons (Fsp3) is 0.316. The van der Waals surface area contributed by atoms with Gasteiger partial charge in [-0.2, -0.15) is 0 Å². The van der Waals surface area contributed by atoms with Crippen LogP contribution in [0.5, 0.6) is 0 Å². The summed E-state index contributed by atoms with van der Waals surface area (Å²) in [5.74, 6) is -1.38. The first-order valence-corrected chi connectivity index (χ1v) is 8.14. The predicted molar refractivity (Wildman–Crippen MR) is 93.7 cm³/mol. The highest BCUT2D eigenvalue weighted by Crippen LogP contribution is 2.15. The standard InChI is InChI=1S/C19H22N2O4/c1-13-16(19(23)24)9-10-17(21-13)18(22)20-11-6-12-25-14(2)15-7-4-3-5-8-15/h3-5,7-10,14H,6,11-12H2,1-2H3,(H,20,22)(H,23,24). The van der Waals surface area contributed by atoms with E-state index in [0.717, 1.165) is 5.56 Å². The fourth-order valence-corrected chi connectivity index (χ4v) is 2.36. The Kier molecular flexibility index (Phi) is 6.65. The third-order valence-electron chi connectivity index (χ3n) is 3.79. The number of hydrogen-bond donors (Lipinski definition) is 2. The van der Waals surface area contributed by atoms with Gasteiger partial charge in [0.05, 0.1) is 17.4 Å². The number of carbonyl (C=O) groups excluding carboxylic acids is 1. The number of rotatable bonds is 8. The topological polar surface area (TPSA) is 88.5 Å². The minimum atomic E-state index is -1.05. The van der Waals surface area contributed by atoms with E-state index in [-0.39, 0.29) is 23.3 Å². The number of aryl methyl sites for hydroxylation is 1. The van der Waals surface area contributed by atoms with Crippen LogP contribution in [0.4, 0.5) is 0 Å². The summed E-state index contributed by atoms with van der Waals surface area (Å²) in [6.45, 7) is 4.55. The molecule has 1 atom stereocenters. The van der Waals surface area contributed by atoms with Crippen molar-refractivity contribution in [3.8, 4) is 0 Å². The molecular weight excluding hydrogens is 320 g/mol. The van der Waals surface area contributed by atoms with Crippen molar-refractivity contribution >= 4 is 11.9 Å². The van der Waals surface area contributed by atoms with Crippen molar-refractivity contribution in [2.75, 3.05) is 13.2 Å². The molecule has 0 saturated heterocycles. The van der Waals surface area contributed by atoms with Crippen molar-refractivity contribution in [1.29, 1.82) is 0 Å². The Balaban J connectivity index is 1.74. The maximum atomic E-state index is 12.0. The molecule has 2 aromatic rings. The number of aromatic carboxylic acids is 1. The number of ether oxygens (including phenoxy) is 1. The number of amides is 1. The molecule has 1 unspecified atom stereocenters. The zero-order valence-electron chi connectivity index (χ0n) is 14.4. The molecule has 0 fully saturated rings. The second kappa shape index (κ2) is 8.94. The van der Waals surface area contributed by atoms with E-state index in [4.69, 9.17) is 9.84 Å². The molecular formula is C19H22N2O4. The summed E-state index contributed by atoms with van der Waals surface area (Å²) in [6, 6.07) is 12.7. The third kappa shape index (κ3) is 5.39. The molecule has 25 heavy (non-hydrogen) atoms. The highest BCUT2D eigenvalue weighted by atomic mass is 16.5. The number of benzene rings is 1. The Morgan fingerprint density at radius 2 is 1.92 bits per heavy atom. The number of pyridine rings is 1. The quantitative estimate of drug-likeness (QED) is 0.720. The van der Waals surface area contributed by atoms with Crippen LogP contribution in [0.2, 0.25) is 0 Å². The Hall–Kier alpha value is -2.73. The van der Waals surface area contributed by atoms with Crippen molar-refractivity contribution in [2.24, 2.45) is 0 Å². The summed E-state index contributed by atoms with van der Waals surface area (Å²) in [7, 11) is 0. The molecule has 6 nitrogen and oxygen atoms in total. The number of carboxylic acid groups (broad SMARTS) is 1. The van der Waals surface area contributed by atoms with Crippen LogP contribution in [0.1, 0.15) is 51.6 Å². The Bertz CT molecular complexity index is 731. The molecule has 2 rings (SSSR count). The number of aromatic nitrogens is 1. The molecule has 2 N–H and O–H groups in total. The van der Waals surface area contributed by atoms with Crippen LogP contribution in [0.25, 0.3) is 0 Å². The summed E-state index contributed by atoms with van der Waals surface area (Å²) in [6.07, 6.45) is 0.680. The molecule has 0 saturated carbocycles. The van der Waals surface area contributed by atoms with Crippen LogP contribution in [-0.2, 0) is 4.74 Å². The van der Waals surface area contributed by atoms with Gasteiger partial charge in [0, 0.05) is 13.2 Å². The van der Waals surface area contributed by atoms with Crippen molar-refractivity contribution in [3.05, 3.63) is 65.0 Å². The number of nitrogens with zero attached hydrogens (tertiary/aromatic N) is 1. The van der Waals surface area contributed by atoms with Crippen LogP contribution < -0.4 is 5.32 Å². The largest absolute Gasteiger partial charge is 0.478 e. The SMILES string of the molecule is Cc1nc(C(=O)NCCCOC(C)c2ccccc2)ccc1C(=O)O. The Labute approximate surface area is 146 Å². The van der Waals surface area contributed by atoms with Crippen LogP contribution in [0, 0.1) is 6.92 Å². The van der Waals surface area contributed by atoms with E-state index >= 15 is 0 Å². The summed E-state index contributed by atoms with van der Waals surface area (Å²) < 4.78 is 5.74. The Morgan fingerprint density at radius 1 is 1.20 bits per heavy atom. The van der Waals surface area contributed by atoms with E-state index in [1.807, 2.05) is 37.3 Å². The molecule has 0 spiro atoms.